The van der Waals surface area contributed by atoms with E-state index in [9.17, 15) is 22.8 Å². The second-order valence-electron chi connectivity index (χ2n) is 2.25. The van der Waals surface area contributed by atoms with Gasteiger partial charge in [0, 0.05) is 6.42 Å². The van der Waals surface area contributed by atoms with Crippen LogP contribution in [0.4, 0.5) is 13.2 Å². The zero-order valence-corrected chi connectivity index (χ0v) is 7.95. The number of carbonyl (C=O) groups is 2. The Balaban J connectivity index is 0. The zero-order valence-electron chi connectivity index (χ0n) is 7.13. The summed E-state index contributed by atoms with van der Waals surface area (Å²) in [4.78, 5) is 20.8. The van der Waals surface area contributed by atoms with Crippen molar-refractivity contribution in [1.29, 1.82) is 0 Å². The molecule has 0 spiro atoms. The first-order valence-corrected chi connectivity index (χ1v) is 3.22. The van der Waals surface area contributed by atoms with Crippen molar-refractivity contribution in [1.82, 2.24) is 0 Å². The summed E-state index contributed by atoms with van der Waals surface area (Å²) in [6, 6.07) is -1.56. The van der Waals surface area contributed by atoms with E-state index in [0.29, 0.717) is 0 Å². The lowest BCUT2D eigenvalue weighted by Gasteiger charge is -2.09. The van der Waals surface area contributed by atoms with E-state index in [1.807, 2.05) is 0 Å². The second kappa shape index (κ2) is 5.82. The van der Waals surface area contributed by atoms with E-state index < -0.39 is 30.4 Å². The van der Waals surface area contributed by atoms with Gasteiger partial charge in [-0.3, -0.25) is 9.59 Å². The van der Waals surface area contributed by atoms with E-state index in [4.69, 9.17) is 5.73 Å². The Morgan fingerprint density at radius 3 is 2.14 bits per heavy atom. The molecule has 0 aromatic carbocycles. The van der Waals surface area contributed by atoms with Crippen molar-refractivity contribution >= 4 is 24.2 Å². The fourth-order valence-electron chi connectivity index (χ4n) is 0.550. The minimum atomic E-state index is -4.95. The predicted octanol–water partition coefficient (Wildman–Crippen LogP) is 0.430. The van der Waals surface area contributed by atoms with Crippen LogP contribution >= 0.6 is 12.4 Å². The van der Waals surface area contributed by atoms with Gasteiger partial charge in [0.15, 0.2) is 0 Å². The maximum atomic E-state index is 11.6. The normalized spacial score (nSPS) is 12.6. The van der Waals surface area contributed by atoms with Crippen LogP contribution in [0.25, 0.3) is 0 Å². The Kier molecular flexibility index (Phi) is 6.50. The fraction of sp³-hybridized carbons (Fsp3) is 0.667. The Morgan fingerprint density at radius 2 is 1.86 bits per heavy atom. The maximum absolute atomic E-state index is 11.6. The SMILES string of the molecule is COC(=O)C(N)CC(=O)C(F)(F)F.Cl. The predicted molar refractivity (Wildman–Crippen MR) is 42.9 cm³/mol. The summed E-state index contributed by atoms with van der Waals surface area (Å²) in [5, 5.41) is 0. The van der Waals surface area contributed by atoms with Crippen LogP contribution in [0.3, 0.4) is 0 Å². The standard InChI is InChI=1S/C6H8F3NO3.ClH/c1-13-5(12)3(10)2-4(11)6(7,8)9;/h3H,2,10H2,1H3;1H. The van der Waals surface area contributed by atoms with Crippen molar-refractivity contribution in [3.63, 3.8) is 0 Å². The van der Waals surface area contributed by atoms with Gasteiger partial charge >= 0.3 is 12.1 Å². The number of esters is 1. The van der Waals surface area contributed by atoms with E-state index in [-0.39, 0.29) is 12.4 Å². The lowest BCUT2D eigenvalue weighted by Crippen LogP contribution is -2.37. The van der Waals surface area contributed by atoms with Crippen LogP contribution in [-0.2, 0) is 14.3 Å². The minimum absolute atomic E-state index is 0. The highest BCUT2D eigenvalue weighted by molar-refractivity contribution is 5.89. The highest BCUT2D eigenvalue weighted by atomic mass is 35.5. The first-order valence-electron chi connectivity index (χ1n) is 3.22. The number of halogens is 4. The van der Waals surface area contributed by atoms with Gasteiger partial charge in [0.1, 0.15) is 6.04 Å². The monoisotopic (exact) mass is 235 g/mol. The van der Waals surface area contributed by atoms with Crippen LogP contribution in [0.15, 0.2) is 0 Å². The molecule has 0 amide bonds. The molecule has 84 valence electrons. The molecule has 2 N–H and O–H groups in total. The largest absolute Gasteiger partial charge is 0.468 e. The quantitative estimate of drug-likeness (QED) is 0.721. The van der Waals surface area contributed by atoms with Crippen molar-refractivity contribution in [3.05, 3.63) is 0 Å². The number of rotatable bonds is 3. The van der Waals surface area contributed by atoms with Crippen LogP contribution in [0, 0.1) is 0 Å². The summed E-state index contributed by atoms with van der Waals surface area (Å²) < 4.78 is 38.9. The number of nitrogens with two attached hydrogens (primary N) is 1. The van der Waals surface area contributed by atoms with E-state index in [2.05, 4.69) is 4.74 Å². The molecule has 1 unspecified atom stereocenters. The number of hydrogen-bond acceptors (Lipinski definition) is 4. The molecule has 0 fully saturated rings. The summed E-state index contributed by atoms with van der Waals surface area (Å²) in [6.07, 6.45) is -6.04. The topological polar surface area (TPSA) is 69.4 Å². The van der Waals surface area contributed by atoms with Crippen molar-refractivity contribution in [2.75, 3.05) is 7.11 Å². The van der Waals surface area contributed by atoms with Gasteiger partial charge < -0.3 is 10.5 Å². The van der Waals surface area contributed by atoms with Gasteiger partial charge in [-0.05, 0) is 0 Å². The van der Waals surface area contributed by atoms with Gasteiger partial charge in [0.25, 0.3) is 0 Å². The number of ether oxygens (including phenoxy) is 1. The molecule has 0 rings (SSSR count). The highest BCUT2D eigenvalue weighted by Crippen LogP contribution is 2.18. The molecule has 0 aliphatic rings. The summed E-state index contributed by atoms with van der Waals surface area (Å²) in [5.41, 5.74) is 4.93. The molecule has 0 aliphatic heterocycles. The second-order valence-corrected chi connectivity index (χ2v) is 2.25. The molecule has 0 aliphatic carbocycles. The molecule has 8 heteroatoms. The van der Waals surface area contributed by atoms with Crippen molar-refractivity contribution in [2.45, 2.75) is 18.6 Å². The van der Waals surface area contributed by atoms with E-state index in [0.717, 1.165) is 7.11 Å². The van der Waals surface area contributed by atoms with Gasteiger partial charge in [-0.1, -0.05) is 0 Å². The minimum Gasteiger partial charge on any atom is -0.468 e. The molecule has 0 aromatic rings. The number of methoxy groups -OCH3 is 1. The Labute approximate surface area is 84.0 Å². The third-order valence-electron chi connectivity index (χ3n) is 1.23. The number of hydrogen-bond donors (Lipinski definition) is 1. The number of carbonyl (C=O) groups excluding carboxylic acids is 2. The van der Waals surface area contributed by atoms with Crippen molar-refractivity contribution in [2.24, 2.45) is 5.73 Å². The molecule has 0 heterocycles. The number of Topliss-reactive ketones (excluding diaryl/α,β-unsaturated/α-hetero) is 1. The third-order valence-corrected chi connectivity index (χ3v) is 1.23. The summed E-state index contributed by atoms with van der Waals surface area (Å²) in [5.74, 6) is -3.08. The molecule has 14 heavy (non-hydrogen) atoms. The van der Waals surface area contributed by atoms with Crippen LogP contribution in [-0.4, -0.2) is 31.1 Å². The number of ketones is 1. The Morgan fingerprint density at radius 1 is 1.43 bits per heavy atom. The van der Waals surface area contributed by atoms with Gasteiger partial charge in [-0.15, -0.1) is 12.4 Å². The van der Waals surface area contributed by atoms with Crippen molar-refractivity contribution in [3.8, 4) is 0 Å². The fourth-order valence-corrected chi connectivity index (χ4v) is 0.550. The lowest BCUT2D eigenvalue weighted by molar-refractivity contribution is -0.172. The highest BCUT2D eigenvalue weighted by Gasteiger charge is 2.39. The summed E-state index contributed by atoms with van der Waals surface area (Å²) in [6.45, 7) is 0. The van der Waals surface area contributed by atoms with Crippen LogP contribution in [0.5, 0.6) is 0 Å². The molecule has 0 aromatic heterocycles. The third kappa shape index (κ3) is 5.03. The van der Waals surface area contributed by atoms with E-state index in [1.54, 1.807) is 0 Å². The van der Waals surface area contributed by atoms with Gasteiger partial charge in [0.2, 0.25) is 5.78 Å². The number of alkyl halides is 3. The molecular weight excluding hydrogens is 227 g/mol. The molecule has 0 saturated heterocycles. The molecule has 0 saturated carbocycles. The molecule has 4 nitrogen and oxygen atoms in total. The molecular formula is C6H9ClF3NO3. The first kappa shape index (κ1) is 15.6. The molecule has 0 bridgehead atoms. The first-order chi connectivity index (χ1) is 5.79. The summed E-state index contributed by atoms with van der Waals surface area (Å²) in [7, 11) is 0.972. The molecule has 0 radical (unpaired) electrons. The summed E-state index contributed by atoms with van der Waals surface area (Å²) >= 11 is 0. The molecule has 1 atom stereocenters. The average molecular weight is 236 g/mol. The smallest absolute Gasteiger partial charge is 0.450 e. The van der Waals surface area contributed by atoms with Crippen molar-refractivity contribution < 1.29 is 27.5 Å². The lowest BCUT2D eigenvalue weighted by atomic mass is 10.1. The van der Waals surface area contributed by atoms with Gasteiger partial charge in [-0.25, -0.2) is 0 Å². The van der Waals surface area contributed by atoms with Gasteiger partial charge in [-0.2, -0.15) is 13.2 Å². The van der Waals surface area contributed by atoms with E-state index >= 15 is 0 Å². The van der Waals surface area contributed by atoms with Crippen LogP contribution in [0.2, 0.25) is 0 Å². The zero-order chi connectivity index (χ0) is 10.6. The van der Waals surface area contributed by atoms with E-state index in [1.165, 1.54) is 0 Å². The Bertz CT molecular complexity index is 219. The Hall–Kier alpha value is -0.820. The average Bonchev–Trinajstić information content (AvgIpc) is 2.01. The van der Waals surface area contributed by atoms with Gasteiger partial charge in [0.05, 0.1) is 7.11 Å². The van der Waals surface area contributed by atoms with Crippen LogP contribution < -0.4 is 5.73 Å². The van der Waals surface area contributed by atoms with Crippen LogP contribution in [0.1, 0.15) is 6.42 Å². The maximum Gasteiger partial charge on any atom is 0.450 e.